The van der Waals surface area contributed by atoms with Crippen LogP contribution >= 0.6 is 23.2 Å². The highest BCUT2D eigenvalue weighted by molar-refractivity contribution is 6.44. The van der Waals surface area contributed by atoms with Crippen molar-refractivity contribution in [3.8, 4) is 0 Å². The molecular weight excluding hydrogens is 507 g/mol. The van der Waals surface area contributed by atoms with Crippen LogP contribution in [0.2, 0.25) is 10.0 Å². The molecule has 1 aliphatic rings. The van der Waals surface area contributed by atoms with Gasteiger partial charge in [0.2, 0.25) is 5.91 Å². The highest BCUT2D eigenvalue weighted by atomic mass is 35.5. The zero-order valence-electron chi connectivity index (χ0n) is 20.3. The molecule has 0 aliphatic heterocycles. The van der Waals surface area contributed by atoms with Crippen LogP contribution in [0.1, 0.15) is 24.0 Å². The Labute approximate surface area is 226 Å². The maximum Gasteiger partial charge on any atom is 0.322 e. The molecule has 0 saturated heterocycles. The lowest BCUT2D eigenvalue weighted by Gasteiger charge is -2.28. The number of carbonyl (C=O) groups is 2. The number of aromatic amines is 1. The number of para-hydroxylation sites is 1. The molecule has 1 saturated carbocycles. The third kappa shape index (κ3) is 6.09. The van der Waals surface area contributed by atoms with Crippen molar-refractivity contribution in [1.82, 2.24) is 14.8 Å². The fourth-order valence-corrected chi connectivity index (χ4v) is 4.82. The van der Waals surface area contributed by atoms with Gasteiger partial charge in [0.25, 0.3) is 0 Å². The molecule has 0 unspecified atom stereocenters. The number of carbonyl (C=O) groups excluding carboxylic acids is 2. The molecule has 0 atom stereocenters. The van der Waals surface area contributed by atoms with Gasteiger partial charge in [-0.2, -0.15) is 0 Å². The van der Waals surface area contributed by atoms with Gasteiger partial charge in [0.05, 0.1) is 15.7 Å². The van der Waals surface area contributed by atoms with Gasteiger partial charge in [-0.05, 0) is 48.6 Å². The first-order chi connectivity index (χ1) is 18.0. The minimum atomic E-state index is -0.351. The first-order valence-corrected chi connectivity index (χ1v) is 13.1. The number of rotatable bonds is 9. The molecule has 3 aromatic carbocycles. The van der Waals surface area contributed by atoms with Crippen molar-refractivity contribution in [3.05, 3.63) is 100 Å². The molecule has 37 heavy (non-hydrogen) atoms. The number of hydrogen-bond donors (Lipinski definition) is 2. The highest BCUT2D eigenvalue weighted by Crippen LogP contribution is 2.32. The minimum absolute atomic E-state index is 0.00456. The van der Waals surface area contributed by atoms with Crippen LogP contribution in [-0.4, -0.2) is 45.9 Å². The number of aromatic nitrogens is 1. The number of nitrogens with zero attached hydrogens (tertiary/aromatic N) is 2. The second kappa shape index (κ2) is 11.3. The number of fused-ring (bicyclic) bond motifs is 1. The highest BCUT2D eigenvalue weighted by Gasteiger charge is 2.35. The van der Waals surface area contributed by atoms with Crippen molar-refractivity contribution in [2.24, 2.45) is 0 Å². The summed E-state index contributed by atoms with van der Waals surface area (Å²) in [6.07, 6.45) is 4.46. The number of nitrogens with one attached hydrogen (secondary N) is 2. The van der Waals surface area contributed by atoms with Crippen LogP contribution in [-0.2, 0) is 17.8 Å². The maximum atomic E-state index is 13.6. The first kappa shape index (κ1) is 25.2. The molecule has 6 nitrogen and oxygen atoms in total. The third-order valence-corrected chi connectivity index (χ3v) is 7.46. The smallest absolute Gasteiger partial charge is 0.322 e. The molecule has 1 fully saturated rings. The van der Waals surface area contributed by atoms with Crippen LogP contribution < -0.4 is 5.32 Å². The summed E-state index contributed by atoms with van der Waals surface area (Å²) in [5.74, 6) is -0.0945. The largest absolute Gasteiger partial charge is 0.361 e. The number of H-pyrrole nitrogens is 1. The molecule has 1 aliphatic carbocycles. The molecular formula is C29H28Cl2N4O2. The van der Waals surface area contributed by atoms with Gasteiger partial charge in [-0.3, -0.25) is 4.79 Å². The van der Waals surface area contributed by atoms with E-state index in [9.17, 15) is 9.59 Å². The van der Waals surface area contributed by atoms with Gasteiger partial charge in [0.1, 0.15) is 6.54 Å². The predicted octanol–water partition coefficient (Wildman–Crippen LogP) is 6.74. The molecule has 1 aromatic heterocycles. The SMILES string of the molecule is O=C(CN(C(=O)Nc1cccc(Cl)c1Cl)C1CC1)N(CCc1c[nH]c2ccccc12)Cc1ccccc1. The lowest BCUT2D eigenvalue weighted by molar-refractivity contribution is -0.132. The van der Waals surface area contributed by atoms with Crippen molar-refractivity contribution in [1.29, 1.82) is 0 Å². The van der Waals surface area contributed by atoms with Gasteiger partial charge in [0.15, 0.2) is 0 Å². The molecule has 0 bridgehead atoms. The van der Waals surface area contributed by atoms with E-state index in [1.165, 1.54) is 0 Å². The molecule has 3 amide bonds. The average molecular weight is 535 g/mol. The Balaban J connectivity index is 1.32. The Kier molecular flexibility index (Phi) is 7.68. The standard InChI is InChI=1S/C29H28Cl2N4O2/c30-24-10-6-12-26(28(24)31)33-29(37)35(22-13-14-22)19-27(36)34(18-20-7-2-1-3-8-20)16-15-21-17-32-25-11-5-4-9-23(21)25/h1-12,17,22,32H,13-16,18-19H2,(H,33,37). The molecule has 1 heterocycles. The Morgan fingerprint density at radius 1 is 0.946 bits per heavy atom. The molecule has 2 N–H and O–H groups in total. The number of hydrogen-bond acceptors (Lipinski definition) is 2. The zero-order chi connectivity index (χ0) is 25.8. The quantitative estimate of drug-likeness (QED) is 0.249. The molecule has 190 valence electrons. The normalized spacial score (nSPS) is 12.9. The first-order valence-electron chi connectivity index (χ1n) is 12.4. The van der Waals surface area contributed by atoms with Crippen molar-refractivity contribution >= 4 is 51.7 Å². The summed E-state index contributed by atoms with van der Waals surface area (Å²) in [5, 5.41) is 4.64. The van der Waals surface area contributed by atoms with Crippen LogP contribution in [0.3, 0.4) is 0 Å². The van der Waals surface area contributed by atoms with Crippen molar-refractivity contribution in [2.45, 2.75) is 31.8 Å². The van der Waals surface area contributed by atoms with Gasteiger partial charge in [-0.15, -0.1) is 0 Å². The molecule has 5 rings (SSSR count). The summed E-state index contributed by atoms with van der Waals surface area (Å²) < 4.78 is 0. The van der Waals surface area contributed by atoms with E-state index >= 15 is 0 Å². The van der Waals surface area contributed by atoms with Crippen molar-refractivity contribution < 1.29 is 9.59 Å². The van der Waals surface area contributed by atoms with Crippen molar-refractivity contribution in [3.63, 3.8) is 0 Å². The van der Waals surface area contributed by atoms with Crippen LogP contribution in [0, 0.1) is 0 Å². The van der Waals surface area contributed by atoms with Gasteiger partial charge in [-0.1, -0.05) is 77.8 Å². The van der Waals surface area contributed by atoms with E-state index in [1.807, 2.05) is 59.6 Å². The molecule has 0 radical (unpaired) electrons. The fraction of sp³-hybridized carbons (Fsp3) is 0.241. The monoisotopic (exact) mass is 534 g/mol. The summed E-state index contributed by atoms with van der Waals surface area (Å²) in [4.78, 5) is 33.6. The molecule has 0 spiro atoms. The number of halogens is 2. The lowest BCUT2D eigenvalue weighted by atomic mass is 10.1. The summed E-state index contributed by atoms with van der Waals surface area (Å²) >= 11 is 12.4. The van der Waals surface area contributed by atoms with Crippen LogP contribution in [0.4, 0.5) is 10.5 Å². The molecule has 8 heteroatoms. The lowest BCUT2D eigenvalue weighted by Crippen LogP contribution is -2.45. The van der Waals surface area contributed by atoms with Gasteiger partial charge in [0, 0.05) is 36.2 Å². The third-order valence-electron chi connectivity index (χ3n) is 6.64. The van der Waals surface area contributed by atoms with E-state index in [4.69, 9.17) is 23.2 Å². The Hall–Kier alpha value is -3.48. The van der Waals surface area contributed by atoms with Gasteiger partial charge in [-0.25, -0.2) is 4.79 Å². The van der Waals surface area contributed by atoms with Crippen LogP contribution in [0.15, 0.2) is 79.0 Å². The van der Waals surface area contributed by atoms with Crippen LogP contribution in [0.25, 0.3) is 10.9 Å². The van der Waals surface area contributed by atoms with E-state index in [-0.39, 0.29) is 29.5 Å². The maximum absolute atomic E-state index is 13.6. The fourth-order valence-electron chi connectivity index (χ4n) is 4.48. The second-order valence-corrected chi connectivity index (χ2v) is 10.1. The number of urea groups is 1. The Bertz CT molecular complexity index is 1400. The van der Waals surface area contributed by atoms with E-state index in [1.54, 1.807) is 23.1 Å². The van der Waals surface area contributed by atoms with Crippen LogP contribution in [0.5, 0.6) is 0 Å². The topological polar surface area (TPSA) is 68.4 Å². The number of amides is 3. The van der Waals surface area contributed by atoms with Crippen molar-refractivity contribution in [2.75, 3.05) is 18.4 Å². The van der Waals surface area contributed by atoms with E-state index < -0.39 is 0 Å². The zero-order valence-corrected chi connectivity index (χ0v) is 21.8. The van der Waals surface area contributed by atoms with Gasteiger partial charge < -0.3 is 20.1 Å². The summed E-state index contributed by atoms with van der Waals surface area (Å²) in [5.41, 5.74) is 3.71. The Morgan fingerprint density at radius 3 is 2.49 bits per heavy atom. The van der Waals surface area contributed by atoms with Gasteiger partial charge >= 0.3 is 6.03 Å². The van der Waals surface area contributed by atoms with E-state index in [0.29, 0.717) is 30.2 Å². The summed E-state index contributed by atoms with van der Waals surface area (Å²) in [6, 6.07) is 22.8. The average Bonchev–Trinajstić information content (AvgIpc) is 3.67. The summed E-state index contributed by atoms with van der Waals surface area (Å²) in [7, 11) is 0. The summed E-state index contributed by atoms with van der Waals surface area (Å²) in [6.45, 7) is 1.01. The van der Waals surface area contributed by atoms with E-state index in [2.05, 4.69) is 16.4 Å². The minimum Gasteiger partial charge on any atom is -0.361 e. The number of anilines is 1. The predicted molar refractivity (Wildman–Crippen MR) is 149 cm³/mol. The Morgan fingerprint density at radius 2 is 1.70 bits per heavy atom. The molecule has 4 aromatic rings. The second-order valence-electron chi connectivity index (χ2n) is 9.30. The van der Waals surface area contributed by atoms with E-state index in [0.717, 1.165) is 34.9 Å². The number of benzene rings is 3.